The maximum Gasteiger partial charge on any atom is 0.225 e. The van der Waals surface area contributed by atoms with Gasteiger partial charge in [0.15, 0.2) is 0 Å². The molecule has 0 aliphatic heterocycles. The van der Waals surface area contributed by atoms with Crippen LogP contribution in [0, 0.1) is 13.8 Å². The van der Waals surface area contributed by atoms with E-state index in [1.54, 1.807) is 0 Å². The van der Waals surface area contributed by atoms with Crippen LogP contribution < -0.4 is 5.32 Å². The molecule has 0 aliphatic rings. The van der Waals surface area contributed by atoms with Crippen molar-refractivity contribution in [2.24, 2.45) is 0 Å². The van der Waals surface area contributed by atoms with Gasteiger partial charge in [-0.15, -0.1) is 0 Å². The van der Waals surface area contributed by atoms with Crippen LogP contribution in [0.1, 0.15) is 36.4 Å². The molecule has 2 rings (SSSR count). The van der Waals surface area contributed by atoms with Gasteiger partial charge in [0, 0.05) is 11.3 Å². The summed E-state index contributed by atoms with van der Waals surface area (Å²) in [5.41, 5.74) is 3.48. The molecule has 1 amide bonds. The molecule has 0 atom stereocenters. The first kappa shape index (κ1) is 17.2. The minimum absolute atomic E-state index is 0.0223. The molecule has 0 fully saturated rings. The first-order chi connectivity index (χ1) is 10.9. The van der Waals surface area contributed by atoms with E-state index in [9.17, 15) is 4.79 Å². The second kappa shape index (κ2) is 7.42. The van der Waals surface area contributed by atoms with E-state index in [0.717, 1.165) is 22.5 Å². The van der Waals surface area contributed by atoms with Gasteiger partial charge in [-0.1, -0.05) is 30.3 Å². The van der Waals surface area contributed by atoms with Crippen LogP contribution >= 0.6 is 0 Å². The van der Waals surface area contributed by atoms with Crippen LogP contribution in [0.5, 0.6) is 0 Å². The molecule has 23 heavy (non-hydrogen) atoms. The fourth-order valence-corrected chi connectivity index (χ4v) is 2.45. The molecule has 2 aromatic rings. The largest absolute Gasteiger partial charge is 0.374 e. The van der Waals surface area contributed by atoms with Gasteiger partial charge in [-0.05, 0) is 33.3 Å². The summed E-state index contributed by atoms with van der Waals surface area (Å²) in [5.74, 6) is -0.0223. The van der Waals surface area contributed by atoms with Gasteiger partial charge in [-0.3, -0.25) is 9.89 Å². The summed E-state index contributed by atoms with van der Waals surface area (Å²) in [4.78, 5) is 12.3. The van der Waals surface area contributed by atoms with Crippen molar-refractivity contribution in [3.63, 3.8) is 0 Å². The first-order valence-electron chi connectivity index (χ1n) is 7.80. The lowest BCUT2D eigenvalue weighted by atomic mass is 10.1. The van der Waals surface area contributed by atoms with Crippen molar-refractivity contribution in [2.45, 2.75) is 46.3 Å². The molecule has 0 spiro atoms. The van der Waals surface area contributed by atoms with Crippen LogP contribution in [0.15, 0.2) is 30.3 Å². The lowest BCUT2D eigenvalue weighted by molar-refractivity contribution is -0.122. The maximum atomic E-state index is 12.3. The molecule has 0 aliphatic carbocycles. The second-order valence-corrected chi connectivity index (χ2v) is 6.50. The van der Waals surface area contributed by atoms with Gasteiger partial charge in [0.05, 0.1) is 30.9 Å². The van der Waals surface area contributed by atoms with E-state index in [-0.39, 0.29) is 5.91 Å². The molecule has 5 nitrogen and oxygen atoms in total. The van der Waals surface area contributed by atoms with Gasteiger partial charge in [-0.2, -0.15) is 5.10 Å². The Bertz CT molecular complexity index is 628. The molecule has 0 radical (unpaired) electrons. The lowest BCUT2D eigenvalue weighted by Crippen LogP contribution is -2.47. The highest BCUT2D eigenvalue weighted by Crippen LogP contribution is 2.12. The number of benzene rings is 1. The quantitative estimate of drug-likeness (QED) is 0.825. The highest BCUT2D eigenvalue weighted by atomic mass is 16.5. The number of aryl methyl sites for hydroxylation is 2. The van der Waals surface area contributed by atoms with Gasteiger partial charge >= 0.3 is 0 Å². The Morgan fingerprint density at radius 1 is 1.26 bits per heavy atom. The van der Waals surface area contributed by atoms with Crippen molar-refractivity contribution in [2.75, 3.05) is 6.61 Å². The van der Waals surface area contributed by atoms with Gasteiger partial charge in [0.1, 0.15) is 0 Å². The van der Waals surface area contributed by atoms with Crippen molar-refractivity contribution in [3.05, 3.63) is 52.8 Å². The number of aromatic amines is 1. The monoisotopic (exact) mass is 315 g/mol. The predicted molar refractivity (Wildman–Crippen MR) is 90.1 cm³/mol. The third kappa shape index (κ3) is 5.21. The van der Waals surface area contributed by atoms with E-state index < -0.39 is 5.54 Å². The average Bonchev–Trinajstić information content (AvgIpc) is 2.79. The van der Waals surface area contributed by atoms with E-state index in [1.165, 1.54) is 0 Å². The Morgan fingerprint density at radius 2 is 1.96 bits per heavy atom. The van der Waals surface area contributed by atoms with Crippen molar-refractivity contribution >= 4 is 5.91 Å². The van der Waals surface area contributed by atoms with E-state index in [4.69, 9.17) is 4.74 Å². The second-order valence-electron chi connectivity index (χ2n) is 6.50. The zero-order chi connectivity index (χ0) is 16.9. The van der Waals surface area contributed by atoms with E-state index >= 15 is 0 Å². The molecule has 0 unspecified atom stereocenters. The number of rotatable bonds is 7. The number of carbonyl (C=O) groups excluding carboxylic acids is 1. The van der Waals surface area contributed by atoms with Crippen molar-refractivity contribution in [1.82, 2.24) is 15.5 Å². The smallest absolute Gasteiger partial charge is 0.225 e. The lowest BCUT2D eigenvalue weighted by Gasteiger charge is -2.26. The minimum Gasteiger partial charge on any atom is -0.374 e. The third-order valence-corrected chi connectivity index (χ3v) is 3.67. The zero-order valence-corrected chi connectivity index (χ0v) is 14.3. The summed E-state index contributed by atoms with van der Waals surface area (Å²) in [6, 6.07) is 10.0. The summed E-state index contributed by atoms with van der Waals surface area (Å²) < 4.78 is 5.73. The van der Waals surface area contributed by atoms with Gasteiger partial charge in [-0.25, -0.2) is 0 Å². The maximum absolute atomic E-state index is 12.3. The SMILES string of the molecule is Cc1n[nH]c(C)c1CC(=O)NC(C)(C)COCc1ccccc1. The Hall–Kier alpha value is -2.14. The van der Waals surface area contributed by atoms with Gasteiger partial charge in [0.25, 0.3) is 0 Å². The van der Waals surface area contributed by atoms with E-state index in [1.807, 2.05) is 58.0 Å². The standard InChI is InChI=1S/C18H25N3O2/c1-13-16(14(2)21-20-13)10-17(22)19-18(3,4)12-23-11-15-8-6-5-7-9-15/h5-9H,10-12H2,1-4H3,(H,19,22)(H,20,21). The van der Waals surface area contributed by atoms with Crippen LogP contribution in [0.2, 0.25) is 0 Å². The Morgan fingerprint density at radius 3 is 2.57 bits per heavy atom. The normalized spacial score (nSPS) is 11.5. The third-order valence-electron chi connectivity index (χ3n) is 3.67. The number of H-pyrrole nitrogens is 1. The number of ether oxygens (including phenoxy) is 1. The molecular weight excluding hydrogens is 290 g/mol. The molecule has 0 bridgehead atoms. The van der Waals surface area contributed by atoms with Crippen molar-refractivity contribution in [3.8, 4) is 0 Å². The van der Waals surface area contributed by atoms with Crippen LogP contribution in [0.4, 0.5) is 0 Å². The molecule has 1 aromatic carbocycles. The molecular formula is C18H25N3O2. The van der Waals surface area contributed by atoms with E-state index in [0.29, 0.717) is 19.6 Å². The van der Waals surface area contributed by atoms with Crippen LogP contribution in [0.3, 0.4) is 0 Å². The Kier molecular flexibility index (Phi) is 5.55. The zero-order valence-electron chi connectivity index (χ0n) is 14.3. The van der Waals surface area contributed by atoms with Crippen molar-refractivity contribution < 1.29 is 9.53 Å². The molecule has 0 saturated carbocycles. The number of hydrogen-bond donors (Lipinski definition) is 2. The first-order valence-corrected chi connectivity index (χ1v) is 7.80. The number of nitrogens with one attached hydrogen (secondary N) is 2. The fraction of sp³-hybridized carbons (Fsp3) is 0.444. The fourth-order valence-electron chi connectivity index (χ4n) is 2.45. The molecule has 1 heterocycles. The Balaban J connectivity index is 1.81. The highest BCUT2D eigenvalue weighted by molar-refractivity contribution is 5.79. The topological polar surface area (TPSA) is 67.0 Å². The van der Waals surface area contributed by atoms with Crippen molar-refractivity contribution in [1.29, 1.82) is 0 Å². The molecule has 0 saturated heterocycles. The van der Waals surface area contributed by atoms with Crippen LogP contribution in [-0.2, 0) is 22.6 Å². The molecule has 1 aromatic heterocycles. The van der Waals surface area contributed by atoms with Crippen LogP contribution in [-0.4, -0.2) is 28.3 Å². The van der Waals surface area contributed by atoms with Gasteiger partial charge in [0.2, 0.25) is 5.91 Å². The summed E-state index contributed by atoms with van der Waals surface area (Å²) in [7, 11) is 0. The van der Waals surface area contributed by atoms with Crippen LogP contribution in [0.25, 0.3) is 0 Å². The summed E-state index contributed by atoms with van der Waals surface area (Å²) in [5, 5.41) is 10.1. The number of carbonyl (C=O) groups is 1. The number of hydrogen-bond acceptors (Lipinski definition) is 3. The highest BCUT2D eigenvalue weighted by Gasteiger charge is 2.22. The Labute approximate surface area is 137 Å². The number of aromatic nitrogens is 2. The predicted octanol–water partition coefficient (Wildman–Crippen LogP) is 2.68. The van der Waals surface area contributed by atoms with Gasteiger partial charge < -0.3 is 10.1 Å². The average molecular weight is 315 g/mol. The number of amides is 1. The summed E-state index contributed by atoms with van der Waals surface area (Å²) >= 11 is 0. The minimum atomic E-state index is -0.419. The summed E-state index contributed by atoms with van der Waals surface area (Å²) in [6.07, 6.45) is 0.330. The molecule has 124 valence electrons. The molecule has 5 heteroatoms. The summed E-state index contributed by atoms with van der Waals surface area (Å²) in [6.45, 7) is 8.75. The van der Waals surface area contributed by atoms with E-state index in [2.05, 4.69) is 15.5 Å². The molecule has 2 N–H and O–H groups in total. The number of nitrogens with zero attached hydrogens (tertiary/aromatic N) is 1.